The molecule has 140 valence electrons. The van der Waals surface area contributed by atoms with Crippen LogP contribution in [0, 0.1) is 0 Å². The number of carbonyl (C=O) groups excluding carboxylic acids is 1. The Balaban J connectivity index is 1.80. The van der Waals surface area contributed by atoms with Gasteiger partial charge in [-0.05, 0) is 45.2 Å². The highest BCUT2D eigenvalue weighted by atomic mass is 35.5. The molecule has 5 rings (SSSR count). The Morgan fingerprint density at radius 2 is 1.81 bits per heavy atom. The van der Waals surface area contributed by atoms with E-state index in [-0.39, 0.29) is 23.3 Å². The van der Waals surface area contributed by atoms with Crippen molar-refractivity contribution in [1.82, 2.24) is 19.4 Å². The minimum absolute atomic E-state index is 0.102. The van der Waals surface area contributed by atoms with Crippen molar-refractivity contribution in [3.8, 4) is 0 Å². The van der Waals surface area contributed by atoms with Gasteiger partial charge in [-0.25, -0.2) is 14.2 Å². The Bertz CT molecular complexity index is 923. The number of nitrogen functional groups attached to an aromatic ring is 1. The zero-order chi connectivity index (χ0) is 18.6. The van der Waals surface area contributed by atoms with Crippen molar-refractivity contribution in [2.24, 2.45) is 0 Å². The lowest BCUT2D eigenvalue weighted by Crippen LogP contribution is -2.62. The van der Waals surface area contributed by atoms with E-state index >= 15 is 0 Å². The third kappa shape index (κ3) is 2.61. The largest absolute Gasteiger partial charge is 0.397 e. The van der Waals surface area contributed by atoms with E-state index in [4.69, 9.17) is 17.3 Å². The van der Waals surface area contributed by atoms with Crippen LogP contribution in [0.5, 0.6) is 0 Å². The molecule has 0 spiro atoms. The summed E-state index contributed by atoms with van der Waals surface area (Å²) in [5.41, 5.74) is 6.83. The van der Waals surface area contributed by atoms with Crippen molar-refractivity contribution in [3.05, 3.63) is 27.6 Å². The van der Waals surface area contributed by atoms with Gasteiger partial charge in [0.2, 0.25) is 0 Å². The van der Waals surface area contributed by atoms with E-state index < -0.39 is 0 Å². The molecule has 0 radical (unpaired) electrons. The zero-order valence-electron chi connectivity index (χ0n) is 15.1. The molecule has 4 heterocycles. The molecule has 3 aliphatic heterocycles. The second-order valence-corrected chi connectivity index (χ2v) is 8.15. The van der Waals surface area contributed by atoms with Gasteiger partial charge in [0, 0.05) is 31.2 Å². The molecule has 1 aromatic carbocycles. The van der Waals surface area contributed by atoms with Gasteiger partial charge in [0.15, 0.2) is 0 Å². The number of piperidine rings is 3. The number of halogens is 1. The Morgan fingerprint density at radius 1 is 1.19 bits per heavy atom. The lowest BCUT2D eigenvalue weighted by Gasteiger charge is -2.48. The van der Waals surface area contributed by atoms with Crippen molar-refractivity contribution in [2.45, 2.75) is 44.7 Å². The quantitative estimate of drug-likeness (QED) is 0.787. The predicted octanol–water partition coefficient (Wildman–Crippen LogP) is 2.42. The molecule has 7 nitrogen and oxygen atoms in total. The molecular weight excluding hydrogens is 354 g/mol. The number of benzene rings is 1. The SMILES string of the molecule is CC(C)n1c(=O)n(C(=O)NC23CCN(CC2)CC3)c2cc(N)c(Cl)cc21. The van der Waals surface area contributed by atoms with E-state index in [9.17, 15) is 9.59 Å². The molecule has 3 saturated heterocycles. The maximum atomic E-state index is 13.1. The molecule has 1 amide bonds. The molecule has 3 fully saturated rings. The Hall–Kier alpha value is -1.99. The number of nitrogens with one attached hydrogen (secondary N) is 1. The van der Waals surface area contributed by atoms with Gasteiger partial charge in [-0.15, -0.1) is 0 Å². The van der Waals surface area contributed by atoms with Crippen molar-refractivity contribution in [1.29, 1.82) is 0 Å². The van der Waals surface area contributed by atoms with Crippen molar-refractivity contribution < 1.29 is 4.79 Å². The van der Waals surface area contributed by atoms with E-state index in [1.165, 1.54) is 4.57 Å². The summed E-state index contributed by atoms with van der Waals surface area (Å²) in [4.78, 5) is 28.5. The molecule has 1 aromatic heterocycles. The van der Waals surface area contributed by atoms with Gasteiger partial charge in [-0.3, -0.25) is 4.57 Å². The van der Waals surface area contributed by atoms with Gasteiger partial charge in [-0.2, -0.15) is 0 Å². The minimum Gasteiger partial charge on any atom is -0.397 e. The maximum Gasteiger partial charge on any atom is 0.337 e. The first-order valence-electron chi connectivity index (χ1n) is 9.08. The average molecular weight is 378 g/mol. The summed E-state index contributed by atoms with van der Waals surface area (Å²) < 4.78 is 2.79. The Morgan fingerprint density at radius 3 is 2.38 bits per heavy atom. The average Bonchev–Trinajstić information content (AvgIpc) is 2.87. The van der Waals surface area contributed by atoms with Crippen LogP contribution in [0.15, 0.2) is 16.9 Å². The molecule has 8 heteroatoms. The molecule has 0 aliphatic carbocycles. The smallest absolute Gasteiger partial charge is 0.337 e. The van der Waals surface area contributed by atoms with Gasteiger partial charge in [0.05, 0.1) is 21.7 Å². The molecule has 0 atom stereocenters. The highest BCUT2D eigenvalue weighted by Gasteiger charge is 2.41. The van der Waals surface area contributed by atoms with Crippen LogP contribution in [0.3, 0.4) is 0 Å². The summed E-state index contributed by atoms with van der Waals surface area (Å²) in [6.45, 7) is 6.79. The monoisotopic (exact) mass is 377 g/mol. The number of anilines is 1. The van der Waals surface area contributed by atoms with Crippen molar-refractivity contribution in [2.75, 3.05) is 25.4 Å². The summed E-state index contributed by atoms with van der Waals surface area (Å²) in [6.07, 6.45) is 2.76. The summed E-state index contributed by atoms with van der Waals surface area (Å²) in [7, 11) is 0. The molecule has 2 bridgehead atoms. The van der Waals surface area contributed by atoms with Crippen LogP contribution >= 0.6 is 11.6 Å². The highest BCUT2D eigenvalue weighted by Crippen LogP contribution is 2.32. The number of nitrogens with zero attached hydrogens (tertiary/aromatic N) is 3. The zero-order valence-corrected chi connectivity index (χ0v) is 15.8. The second kappa shape index (κ2) is 6.03. The molecule has 0 unspecified atom stereocenters. The molecule has 0 saturated carbocycles. The van der Waals surface area contributed by atoms with Crippen molar-refractivity contribution >= 4 is 34.4 Å². The van der Waals surface area contributed by atoms with E-state index in [2.05, 4.69) is 10.2 Å². The summed E-state index contributed by atoms with van der Waals surface area (Å²) in [6, 6.07) is 2.79. The summed E-state index contributed by atoms with van der Waals surface area (Å²) >= 11 is 6.16. The fourth-order valence-corrected chi connectivity index (χ4v) is 4.40. The van der Waals surface area contributed by atoms with Crippen LogP contribution in [0.25, 0.3) is 11.0 Å². The number of carbonyl (C=O) groups is 1. The van der Waals surface area contributed by atoms with E-state index in [0.717, 1.165) is 38.9 Å². The Kier molecular flexibility index (Phi) is 4.04. The van der Waals surface area contributed by atoms with Gasteiger partial charge in [0.1, 0.15) is 0 Å². The first-order valence-corrected chi connectivity index (χ1v) is 9.46. The molecule has 3 aliphatic rings. The fourth-order valence-electron chi connectivity index (χ4n) is 4.25. The second-order valence-electron chi connectivity index (χ2n) is 7.75. The standard InChI is InChI=1S/C18H24ClN5O2/c1-11(2)23-14-9-12(19)13(20)10-15(14)24(17(23)26)16(25)21-18-3-6-22(7-4-18)8-5-18/h9-11H,3-8,20H2,1-2H3,(H,21,25). The number of hydrogen-bond donors (Lipinski definition) is 2. The summed E-state index contributed by atoms with van der Waals surface area (Å²) in [5.74, 6) is 0. The highest BCUT2D eigenvalue weighted by molar-refractivity contribution is 6.33. The van der Waals surface area contributed by atoms with Gasteiger partial charge in [0.25, 0.3) is 0 Å². The van der Waals surface area contributed by atoms with Gasteiger partial charge in [-0.1, -0.05) is 11.6 Å². The molecule has 26 heavy (non-hydrogen) atoms. The van der Waals surface area contributed by atoms with Gasteiger partial charge < -0.3 is 16.0 Å². The first-order chi connectivity index (χ1) is 12.3. The summed E-state index contributed by atoms with van der Waals surface area (Å²) in [5, 5.41) is 3.54. The minimum atomic E-state index is -0.378. The third-order valence-corrected chi connectivity index (χ3v) is 6.13. The van der Waals surface area contributed by atoms with Crippen LogP contribution in [0.2, 0.25) is 5.02 Å². The predicted molar refractivity (Wildman–Crippen MR) is 103 cm³/mol. The van der Waals surface area contributed by atoms with E-state index in [1.807, 2.05) is 13.8 Å². The van der Waals surface area contributed by atoms with Crippen LogP contribution < -0.4 is 16.7 Å². The fraction of sp³-hybridized carbons (Fsp3) is 0.556. The van der Waals surface area contributed by atoms with Crippen LogP contribution in [-0.2, 0) is 0 Å². The number of aromatic nitrogens is 2. The third-order valence-electron chi connectivity index (χ3n) is 5.80. The number of imidazole rings is 1. The maximum absolute atomic E-state index is 13.1. The number of hydrogen-bond acceptors (Lipinski definition) is 4. The topological polar surface area (TPSA) is 85.3 Å². The van der Waals surface area contributed by atoms with Crippen molar-refractivity contribution in [3.63, 3.8) is 0 Å². The number of fused-ring (bicyclic) bond motifs is 4. The normalized spacial score (nSPS) is 25.2. The lowest BCUT2D eigenvalue weighted by molar-refractivity contribution is 0.0673. The van der Waals surface area contributed by atoms with Crippen LogP contribution in [-0.4, -0.2) is 45.2 Å². The number of rotatable bonds is 2. The first kappa shape index (κ1) is 17.4. The molecule has 3 N–H and O–H groups in total. The van der Waals surface area contributed by atoms with E-state index in [0.29, 0.717) is 21.7 Å². The number of amides is 1. The molecular formula is C18H24ClN5O2. The Labute approximate surface area is 156 Å². The van der Waals surface area contributed by atoms with Crippen LogP contribution in [0.1, 0.15) is 39.2 Å². The number of nitrogens with two attached hydrogens (primary N) is 1. The molecule has 2 aromatic rings. The lowest BCUT2D eigenvalue weighted by atomic mass is 9.80. The van der Waals surface area contributed by atoms with Gasteiger partial charge >= 0.3 is 11.7 Å². The van der Waals surface area contributed by atoms with Crippen LogP contribution in [0.4, 0.5) is 10.5 Å². The van der Waals surface area contributed by atoms with E-state index in [1.54, 1.807) is 16.7 Å².